The molecule has 0 aromatic rings. The molecule has 0 aliphatic carbocycles. The summed E-state index contributed by atoms with van der Waals surface area (Å²) in [5.74, 6) is -0.974. The standard InChI is InChI=1S/C22H34O6/c1-15(2)22(26)12-8-17-7-6-10-21(5,28-19(17)24)18(27-16(3)23)9-11-20(4,25)13-14-22/h7,13-15,18,25-26H,6,8-12H2,1-5H3/b14-13+/t18-,20-,21+,22-/m0/s1. The van der Waals surface area contributed by atoms with E-state index in [-0.39, 0.29) is 5.92 Å². The smallest absolute Gasteiger partial charge is 0.334 e. The number of carbonyl (C=O) groups excluding carboxylic acids is 2. The third kappa shape index (κ3) is 5.45. The van der Waals surface area contributed by atoms with Crippen molar-refractivity contribution < 1.29 is 29.3 Å². The lowest BCUT2D eigenvalue weighted by atomic mass is 9.82. The molecule has 0 fully saturated rings. The zero-order valence-corrected chi connectivity index (χ0v) is 17.7. The van der Waals surface area contributed by atoms with Gasteiger partial charge in [-0.05, 0) is 58.3 Å². The van der Waals surface area contributed by atoms with Gasteiger partial charge in [-0.2, -0.15) is 0 Å². The van der Waals surface area contributed by atoms with Crippen molar-refractivity contribution in [1.82, 2.24) is 0 Å². The summed E-state index contributed by atoms with van der Waals surface area (Å²) in [5.41, 5.74) is -2.78. The largest absolute Gasteiger partial charge is 0.458 e. The average Bonchev–Trinajstić information content (AvgIpc) is 2.72. The van der Waals surface area contributed by atoms with Gasteiger partial charge >= 0.3 is 11.9 Å². The normalized spacial score (nSPS) is 38.4. The summed E-state index contributed by atoms with van der Waals surface area (Å²) in [4.78, 5) is 24.4. The van der Waals surface area contributed by atoms with Crippen molar-refractivity contribution in [2.45, 2.75) is 96.1 Å². The summed E-state index contributed by atoms with van der Waals surface area (Å²) in [5, 5.41) is 21.9. The summed E-state index contributed by atoms with van der Waals surface area (Å²) in [7, 11) is 0. The zero-order valence-electron chi connectivity index (χ0n) is 17.7. The first kappa shape index (κ1) is 22.6. The van der Waals surface area contributed by atoms with Crippen LogP contribution in [0.4, 0.5) is 0 Å². The van der Waals surface area contributed by atoms with Crippen LogP contribution in [0.1, 0.15) is 73.1 Å². The lowest BCUT2D eigenvalue weighted by Crippen LogP contribution is -2.46. The minimum atomic E-state index is -1.19. The van der Waals surface area contributed by atoms with Crippen LogP contribution in [0, 0.1) is 5.92 Å². The highest BCUT2D eigenvalue weighted by atomic mass is 16.6. The SMILES string of the molecule is CC(=O)O[C@H]1CC[C@](C)(O)/C=C/[C@](O)(C(C)C)CCC2=CCC[C@@]1(C)OC2=O. The van der Waals surface area contributed by atoms with E-state index in [4.69, 9.17) is 9.47 Å². The van der Waals surface area contributed by atoms with Crippen LogP contribution in [0.2, 0.25) is 0 Å². The molecule has 2 bridgehead atoms. The first-order valence-electron chi connectivity index (χ1n) is 10.1. The minimum Gasteiger partial charge on any atom is -0.458 e. The molecule has 6 heteroatoms. The van der Waals surface area contributed by atoms with Crippen LogP contribution >= 0.6 is 0 Å². The summed E-state index contributed by atoms with van der Waals surface area (Å²) < 4.78 is 11.3. The molecular weight excluding hydrogens is 360 g/mol. The van der Waals surface area contributed by atoms with Crippen molar-refractivity contribution in [3.8, 4) is 0 Å². The van der Waals surface area contributed by atoms with Gasteiger partial charge in [0.25, 0.3) is 0 Å². The van der Waals surface area contributed by atoms with E-state index in [1.165, 1.54) is 6.92 Å². The molecule has 0 aromatic heterocycles. The Kier molecular flexibility index (Phi) is 6.77. The molecule has 0 unspecified atom stereocenters. The molecule has 2 aliphatic rings. The van der Waals surface area contributed by atoms with Gasteiger partial charge in [0.15, 0.2) is 0 Å². The number of esters is 2. The third-order valence-electron chi connectivity index (χ3n) is 6.05. The molecule has 2 heterocycles. The van der Waals surface area contributed by atoms with Crippen molar-refractivity contribution >= 4 is 11.9 Å². The molecule has 0 aromatic carbocycles. The van der Waals surface area contributed by atoms with E-state index in [1.807, 2.05) is 19.9 Å². The fourth-order valence-corrected chi connectivity index (χ4v) is 3.79. The van der Waals surface area contributed by atoms with E-state index in [0.717, 1.165) is 0 Å². The van der Waals surface area contributed by atoms with Crippen LogP contribution < -0.4 is 0 Å². The predicted molar refractivity (Wildman–Crippen MR) is 105 cm³/mol. The molecule has 2 rings (SSSR count). The molecule has 0 saturated carbocycles. The molecule has 0 radical (unpaired) electrons. The fourth-order valence-electron chi connectivity index (χ4n) is 3.79. The van der Waals surface area contributed by atoms with Crippen LogP contribution in [0.3, 0.4) is 0 Å². The maximum absolute atomic E-state index is 12.8. The van der Waals surface area contributed by atoms with Crippen molar-refractivity contribution in [3.05, 3.63) is 23.8 Å². The van der Waals surface area contributed by atoms with Gasteiger partial charge < -0.3 is 19.7 Å². The van der Waals surface area contributed by atoms with Crippen molar-refractivity contribution in [2.24, 2.45) is 5.92 Å². The van der Waals surface area contributed by atoms with Gasteiger partial charge in [-0.1, -0.05) is 32.1 Å². The Morgan fingerprint density at radius 1 is 1.21 bits per heavy atom. The highest BCUT2D eigenvalue weighted by molar-refractivity contribution is 5.89. The van der Waals surface area contributed by atoms with Gasteiger partial charge in [0.2, 0.25) is 0 Å². The Balaban J connectivity index is 2.44. The lowest BCUT2D eigenvalue weighted by molar-refractivity contribution is -0.182. The molecule has 0 amide bonds. The van der Waals surface area contributed by atoms with Gasteiger partial charge in [0, 0.05) is 12.5 Å². The Labute approximate surface area is 167 Å². The Bertz CT molecular complexity index is 662. The number of carbonyl (C=O) groups is 2. The maximum atomic E-state index is 12.8. The topological polar surface area (TPSA) is 93.1 Å². The second kappa shape index (κ2) is 8.37. The van der Waals surface area contributed by atoms with Gasteiger partial charge in [-0.15, -0.1) is 0 Å². The van der Waals surface area contributed by atoms with Crippen LogP contribution in [0.5, 0.6) is 0 Å². The van der Waals surface area contributed by atoms with Crippen molar-refractivity contribution in [2.75, 3.05) is 0 Å². The van der Waals surface area contributed by atoms with E-state index in [9.17, 15) is 19.8 Å². The van der Waals surface area contributed by atoms with E-state index in [0.29, 0.717) is 44.1 Å². The van der Waals surface area contributed by atoms with Gasteiger partial charge in [0.1, 0.15) is 11.7 Å². The van der Waals surface area contributed by atoms with E-state index in [2.05, 4.69) is 0 Å². The van der Waals surface area contributed by atoms with Gasteiger partial charge in [-0.3, -0.25) is 4.79 Å². The van der Waals surface area contributed by atoms with Crippen LogP contribution in [-0.4, -0.2) is 45.1 Å². The van der Waals surface area contributed by atoms with Gasteiger partial charge in [-0.25, -0.2) is 4.79 Å². The Morgan fingerprint density at radius 2 is 1.89 bits per heavy atom. The maximum Gasteiger partial charge on any atom is 0.334 e. The van der Waals surface area contributed by atoms with E-state index < -0.39 is 34.8 Å². The number of aliphatic hydroxyl groups is 2. The predicted octanol–water partition coefficient (Wildman–Crippen LogP) is 3.21. The number of ether oxygens (including phenoxy) is 2. The Morgan fingerprint density at radius 3 is 2.50 bits per heavy atom. The summed E-state index contributed by atoms with van der Waals surface area (Å²) in [6.45, 7) is 8.59. The highest BCUT2D eigenvalue weighted by Gasteiger charge is 2.43. The minimum absolute atomic E-state index is 0.0915. The first-order valence-corrected chi connectivity index (χ1v) is 10.1. The number of hydrogen-bond donors (Lipinski definition) is 2. The summed E-state index contributed by atoms with van der Waals surface area (Å²) >= 11 is 0. The number of fused-ring (bicyclic) bond motifs is 3. The molecular formula is C22H34O6. The average molecular weight is 395 g/mol. The van der Waals surface area contributed by atoms with E-state index >= 15 is 0 Å². The molecule has 158 valence electrons. The highest BCUT2D eigenvalue weighted by Crippen LogP contribution is 2.36. The quantitative estimate of drug-likeness (QED) is 0.552. The van der Waals surface area contributed by atoms with Crippen LogP contribution in [0.25, 0.3) is 0 Å². The number of rotatable bonds is 2. The molecule has 28 heavy (non-hydrogen) atoms. The van der Waals surface area contributed by atoms with Crippen molar-refractivity contribution in [1.29, 1.82) is 0 Å². The number of hydrogen-bond acceptors (Lipinski definition) is 6. The molecule has 2 aliphatic heterocycles. The van der Waals surface area contributed by atoms with Crippen molar-refractivity contribution in [3.63, 3.8) is 0 Å². The molecule has 0 saturated heterocycles. The first-order chi connectivity index (χ1) is 12.9. The van der Waals surface area contributed by atoms with Gasteiger partial charge in [0.05, 0.1) is 11.2 Å². The number of allylic oxidation sites excluding steroid dienone is 1. The molecule has 0 spiro atoms. The summed E-state index contributed by atoms with van der Waals surface area (Å²) in [6, 6.07) is 0. The Hall–Kier alpha value is -1.66. The fraction of sp³-hybridized carbons (Fsp3) is 0.727. The second-order valence-corrected chi connectivity index (χ2v) is 8.94. The van der Waals surface area contributed by atoms with Crippen LogP contribution in [-0.2, 0) is 19.1 Å². The third-order valence-corrected chi connectivity index (χ3v) is 6.05. The molecule has 6 nitrogen and oxygen atoms in total. The zero-order chi connectivity index (χ0) is 21.2. The monoisotopic (exact) mass is 394 g/mol. The second-order valence-electron chi connectivity index (χ2n) is 8.94. The van der Waals surface area contributed by atoms with Crippen LogP contribution in [0.15, 0.2) is 23.8 Å². The van der Waals surface area contributed by atoms with E-state index in [1.54, 1.807) is 26.0 Å². The summed E-state index contributed by atoms with van der Waals surface area (Å²) in [6.07, 6.45) is 6.94. The molecule has 2 N–H and O–H groups in total. The molecule has 4 atom stereocenters. The lowest BCUT2D eigenvalue weighted by Gasteiger charge is -2.36.